The molecule has 3 nitrogen and oxygen atoms in total. The number of pyridine rings is 1. The number of aromatic nitrogens is 1. The lowest BCUT2D eigenvalue weighted by atomic mass is 10.0. The van der Waals surface area contributed by atoms with Gasteiger partial charge >= 0.3 is 0 Å². The number of nitrogens with zero attached hydrogens (tertiary/aromatic N) is 2. The highest BCUT2D eigenvalue weighted by atomic mass is 16.3. The summed E-state index contributed by atoms with van der Waals surface area (Å²) < 4.78 is 0. The number of hydrogen-bond donors (Lipinski definition) is 1. The molecule has 0 fully saturated rings. The van der Waals surface area contributed by atoms with Gasteiger partial charge in [-0.15, -0.1) is 0 Å². The number of benzene rings is 1. The topological polar surface area (TPSA) is 56.9 Å². The lowest BCUT2D eigenvalue weighted by molar-refractivity contribution is 0.476. The zero-order valence-electron chi connectivity index (χ0n) is 12.6. The molecule has 2 rings (SSSR count). The zero-order valence-corrected chi connectivity index (χ0v) is 12.6. The average molecular weight is 258 g/mol. The van der Waals surface area contributed by atoms with Gasteiger partial charge in [0.2, 0.25) is 0 Å². The van der Waals surface area contributed by atoms with Crippen LogP contribution in [0.25, 0.3) is 10.9 Å². The Kier molecular flexibility index (Phi) is 7.21. The summed E-state index contributed by atoms with van der Waals surface area (Å²) in [7, 11) is 0. The molecule has 1 heterocycles. The third-order valence-corrected chi connectivity index (χ3v) is 2.47. The van der Waals surface area contributed by atoms with Crippen molar-refractivity contribution in [1.29, 1.82) is 5.26 Å². The molecule has 0 atom stereocenters. The van der Waals surface area contributed by atoms with Gasteiger partial charge in [-0.25, -0.2) is 4.98 Å². The Labute approximate surface area is 115 Å². The van der Waals surface area contributed by atoms with Crippen LogP contribution < -0.4 is 0 Å². The fourth-order valence-corrected chi connectivity index (χ4v) is 1.68. The van der Waals surface area contributed by atoms with Gasteiger partial charge in [-0.3, -0.25) is 0 Å². The van der Waals surface area contributed by atoms with Crippen LogP contribution >= 0.6 is 0 Å². The molecule has 1 aromatic heterocycles. The van der Waals surface area contributed by atoms with E-state index in [0.717, 1.165) is 16.5 Å². The fraction of sp³-hybridized carbons (Fsp3) is 0.375. The number of fused-ring (bicyclic) bond motifs is 1. The Balaban J connectivity index is 0.000000741. The molecule has 0 aliphatic rings. The Morgan fingerprint density at radius 1 is 1.05 bits per heavy atom. The predicted octanol–water partition coefficient (Wildman–Crippen LogP) is 4.48. The van der Waals surface area contributed by atoms with Crippen molar-refractivity contribution in [2.24, 2.45) is 0 Å². The van der Waals surface area contributed by atoms with Gasteiger partial charge in [0.15, 0.2) is 0 Å². The lowest BCUT2D eigenvalue weighted by Gasteiger charge is -2.06. The number of hydrogen-bond acceptors (Lipinski definition) is 3. The minimum atomic E-state index is 0.160. The first-order valence-electron chi connectivity index (χ1n) is 6.63. The van der Waals surface area contributed by atoms with Crippen LogP contribution in [0.2, 0.25) is 0 Å². The Morgan fingerprint density at radius 3 is 2.16 bits per heavy atom. The molecule has 0 spiro atoms. The summed E-state index contributed by atoms with van der Waals surface area (Å²) in [6, 6.07) is 7.34. The van der Waals surface area contributed by atoms with Gasteiger partial charge in [0.25, 0.3) is 0 Å². The second-order valence-electron chi connectivity index (χ2n) is 3.56. The lowest BCUT2D eigenvalue weighted by Crippen LogP contribution is -1.89. The quantitative estimate of drug-likeness (QED) is 0.757. The number of phenols is 1. The van der Waals surface area contributed by atoms with E-state index in [1.165, 1.54) is 0 Å². The highest BCUT2D eigenvalue weighted by Gasteiger charge is 2.08. The number of aromatic hydroxyl groups is 1. The summed E-state index contributed by atoms with van der Waals surface area (Å²) in [6.07, 6.45) is 0. The van der Waals surface area contributed by atoms with Gasteiger partial charge in [-0.2, -0.15) is 5.26 Å². The minimum absolute atomic E-state index is 0.160. The Hall–Kier alpha value is -2.08. The molecule has 0 radical (unpaired) electrons. The van der Waals surface area contributed by atoms with Crippen LogP contribution in [0.4, 0.5) is 0 Å². The van der Waals surface area contributed by atoms with Crippen molar-refractivity contribution in [3.8, 4) is 11.8 Å². The fourth-order valence-electron chi connectivity index (χ4n) is 1.68. The normalized spacial score (nSPS) is 8.68. The molecule has 102 valence electrons. The van der Waals surface area contributed by atoms with Gasteiger partial charge in [0.1, 0.15) is 23.0 Å². The first-order valence-corrected chi connectivity index (χ1v) is 6.63. The Bertz CT molecular complexity index is 583. The van der Waals surface area contributed by atoms with E-state index in [4.69, 9.17) is 5.26 Å². The molecule has 3 heteroatoms. The standard InChI is InChI=1S/C12H10N2O.2C2H6/c1-7-5-8(2)12(15)11-10(7)4-3-9(6-13)14-11;2*1-2/h3-5,15H,1-2H3;2*1-2H3. The monoisotopic (exact) mass is 258 g/mol. The SMILES string of the molecule is CC.CC.Cc1cc(C)c2ccc(C#N)nc2c1O. The average Bonchev–Trinajstić information content (AvgIpc) is 2.48. The number of aryl methyl sites for hydroxylation is 2. The molecule has 0 aliphatic carbocycles. The van der Waals surface area contributed by atoms with E-state index >= 15 is 0 Å². The maximum absolute atomic E-state index is 9.83. The van der Waals surface area contributed by atoms with E-state index in [0.29, 0.717) is 11.2 Å². The summed E-state index contributed by atoms with van der Waals surface area (Å²) in [5, 5.41) is 19.4. The molecule has 1 N–H and O–H groups in total. The van der Waals surface area contributed by atoms with Gasteiger partial charge in [-0.05, 0) is 37.1 Å². The van der Waals surface area contributed by atoms with Crippen molar-refractivity contribution in [1.82, 2.24) is 4.98 Å². The van der Waals surface area contributed by atoms with Crippen LogP contribution in [0.1, 0.15) is 44.5 Å². The summed E-state index contributed by atoms with van der Waals surface area (Å²) in [6.45, 7) is 11.8. The first kappa shape index (κ1) is 16.9. The minimum Gasteiger partial charge on any atom is -0.505 e. The second-order valence-corrected chi connectivity index (χ2v) is 3.56. The molecule has 1 aromatic carbocycles. The van der Waals surface area contributed by atoms with Gasteiger partial charge in [0, 0.05) is 5.39 Å². The molecule has 0 saturated heterocycles. The van der Waals surface area contributed by atoms with Crippen molar-refractivity contribution >= 4 is 10.9 Å². The number of rotatable bonds is 0. The summed E-state index contributed by atoms with van der Waals surface area (Å²) in [5.74, 6) is 0.160. The van der Waals surface area contributed by atoms with E-state index in [2.05, 4.69) is 4.98 Å². The molecule has 0 saturated carbocycles. The van der Waals surface area contributed by atoms with Crippen molar-refractivity contribution in [3.05, 3.63) is 35.0 Å². The van der Waals surface area contributed by atoms with Gasteiger partial charge < -0.3 is 5.11 Å². The predicted molar refractivity (Wildman–Crippen MR) is 80.3 cm³/mol. The van der Waals surface area contributed by atoms with E-state index in [-0.39, 0.29) is 5.75 Å². The molecule has 0 amide bonds. The van der Waals surface area contributed by atoms with E-state index in [1.54, 1.807) is 6.07 Å². The zero-order chi connectivity index (χ0) is 15.0. The van der Waals surface area contributed by atoms with Crippen LogP contribution in [-0.4, -0.2) is 10.1 Å². The molecular formula is C16H22N2O. The van der Waals surface area contributed by atoms with E-state index in [1.807, 2.05) is 59.7 Å². The highest BCUT2D eigenvalue weighted by Crippen LogP contribution is 2.29. The molecule has 2 aromatic rings. The second kappa shape index (κ2) is 8.10. The van der Waals surface area contributed by atoms with Crippen LogP contribution in [0.5, 0.6) is 5.75 Å². The van der Waals surface area contributed by atoms with Crippen LogP contribution in [0.15, 0.2) is 18.2 Å². The largest absolute Gasteiger partial charge is 0.505 e. The molecule has 0 unspecified atom stereocenters. The van der Waals surface area contributed by atoms with Crippen molar-refractivity contribution < 1.29 is 5.11 Å². The van der Waals surface area contributed by atoms with Gasteiger partial charge in [0.05, 0.1) is 0 Å². The van der Waals surface area contributed by atoms with Crippen LogP contribution in [0.3, 0.4) is 0 Å². The molecular weight excluding hydrogens is 236 g/mol. The first-order chi connectivity index (χ1) is 9.13. The van der Waals surface area contributed by atoms with Crippen molar-refractivity contribution in [2.45, 2.75) is 41.5 Å². The molecule has 19 heavy (non-hydrogen) atoms. The highest BCUT2D eigenvalue weighted by molar-refractivity contribution is 5.88. The third-order valence-electron chi connectivity index (χ3n) is 2.47. The summed E-state index contributed by atoms with van der Waals surface area (Å²) in [4.78, 5) is 4.10. The summed E-state index contributed by atoms with van der Waals surface area (Å²) >= 11 is 0. The number of nitriles is 1. The Morgan fingerprint density at radius 2 is 1.63 bits per heavy atom. The van der Waals surface area contributed by atoms with Gasteiger partial charge in [-0.1, -0.05) is 33.8 Å². The maximum atomic E-state index is 9.83. The van der Waals surface area contributed by atoms with Crippen molar-refractivity contribution in [3.63, 3.8) is 0 Å². The maximum Gasteiger partial charge on any atom is 0.144 e. The smallest absolute Gasteiger partial charge is 0.144 e. The van der Waals surface area contributed by atoms with Crippen LogP contribution in [0, 0.1) is 25.2 Å². The van der Waals surface area contributed by atoms with Crippen molar-refractivity contribution in [2.75, 3.05) is 0 Å². The third kappa shape index (κ3) is 3.69. The van der Waals surface area contributed by atoms with Crippen LogP contribution in [-0.2, 0) is 0 Å². The molecule has 0 bridgehead atoms. The van der Waals surface area contributed by atoms with E-state index in [9.17, 15) is 5.11 Å². The molecule has 0 aliphatic heterocycles. The van der Waals surface area contributed by atoms with E-state index < -0.39 is 0 Å². The summed E-state index contributed by atoms with van der Waals surface area (Å²) in [5.41, 5.74) is 2.66. The number of phenolic OH excluding ortho intramolecular Hbond substituents is 1.